The van der Waals surface area contributed by atoms with Crippen molar-refractivity contribution in [2.75, 3.05) is 12.4 Å². The second kappa shape index (κ2) is 5.21. The van der Waals surface area contributed by atoms with Crippen molar-refractivity contribution in [2.45, 2.75) is 0 Å². The van der Waals surface area contributed by atoms with E-state index in [0.29, 0.717) is 0 Å². The molecule has 19 heavy (non-hydrogen) atoms. The molecule has 1 amide bonds. The summed E-state index contributed by atoms with van der Waals surface area (Å²) in [6, 6.07) is 7.05. The van der Waals surface area contributed by atoms with Gasteiger partial charge < -0.3 is 14.5 Å². The Bertz CT molecular complexity index is 607. The summed E-state index contributed by atoms with van der Waals surface area (Å²) in [5.74, 6) is -0.0954. The minimum Gasteiger partial charge on any atom is -0.496 e. The number of rotatable bonds is 4. The molecule has 0 unspecified atom stereocenters. The number of nitrogens with zero attached hydrogens (tertiary/aromatic N) is 1. The molecule has 1 aromatic carbocycles. The highest BCUT2D eigenvalue weighted by atomic mass is 16.6. The molecular weight excluding hydrogens is 252 g/mol. The predicted octanol–water partition coefficient (Wildman–Crippen LogP) is 2.45. The molecule has 0 atom stereocenters. The Morgan fingerprint density at radius 3 is 2.79 bits per heavy atom. The van der Waals surface area contributed by atoms with Crippen molar-refractivity contribution in [1.29, 1.82) is 0 Å². The van der Waals surface area contributed by atoms with Crippen LogP contribution in [0.25, 0.3) is 0 Å². The number of ether oxygens (including phenoxy) is 1. The van der Waals surface area contributed by atoms with E-state index in [1.54, 1.807) is 6.07 Å². The van der Waals surface area contributed by atoms with Crippen LogP contribution in [-0.2, 0) is 0 Å². The minimum atomic E-state index is -0.564. The summed E-state index contributed by atoms with van der Waals surface area (Å²) in [5.41, 5.74) is 0.0848. The fraction of sp³-hybridized carbons (Fsp3) is 0.0833. The molecule has 0 bridgehead atoms. The quantitative estimate of drug-likeness (QED) is 0.674. The van der Waals surface area contributed by atoms with Crippen molar-refractivity contribution in [3.8, 4) is 5.75 Å². The Balaban J connectivity index is 2.27. The van der Waals surface area contributed by atoms with E-state index in [1.165, 1.54) is 37.6 Å². The molecule has 1 heterocycles. The number of carbonyl (C=O) groups excluding carboxylic acids is 1. The van der Waals surface area contributed by atoms with E-state index in [-0.39, 0.29) is 22.9 Å². The van der Waals surface area contributed by atoms with Gasteiger partial charge in [-0.1, -0.05) is 0 Å². The zero-order valence-electron chi connectivity index (χ0n) is 9.95. The van der Waals surface area contributed by atoms with E-state index in [9.17, 15) is 14.9 Å². The Morgan fingerprint density at radius 1 is 1.42 bits per heavy atom. The van der Waals surface area contributed by atoms with Gasteiger partial charge in [0, 0.05) is 12.1 Å². The number of nitrogens with one attached hydrogen (secondary N) is 1. The Labute approximate surface area is 107 Å². The molecule has 0 aliphatic rings. The lowest BCUT2D eigenvalue weighted by Gasteiger charge is -2.06. The zero-order valence-corrected chi connectivity index (χ0v) is 9.95. The molecule has 1 aromatic heterocycles. The predicted molar refractivity (Wildman–Crippen MR) is 66.3 cm³/mol. The van der Waals surface area contributed by atoms with Crippen molar-refractivity contribution in [2.24, 2.45) is 0 Å². The van der Waals surface area contributed by atoms with Crippen molar-refractivity contribution in [3.63, 3.8) is 0 Å². The van der Waals surface area contributed by atoms with E-state index < -0.39 is 10.8 Å². The molecular formula is C12H10N2O5. The van der Waals surface area contributed by atoms with Crippen LogP contribution in [0.2, 0.25) is 0 Å². The van der Waals surface area contributed by atoms with E-state index in [0.717, 1.165) is 0 Å². The molecule has 0 fully saturated rings. The fourth-order valence-electron chi connectivity index (χ4n) is 1.48. The second-order valence-electron chi connectivity index (χ2n) is 3.61. The van der Waals surface area contributed by atoms with Crippen molar-refractivity contribution in [1.82, 2.24) is 0 Å². The Kier molecular flexibility index (Phi) is 3.46. The number of furan rings is 1. The van der Waals surface area contributed by atoms with Crippen LogP contribution in [-0.4, -0.2) is 17.9 Å². The van der Waals surface area contributed by atoms with Crippen LogP contribution in [0, 0.1) is 10.1 Å². The Morgan fingerprint density at radius 2 is 2.21 bits per heavy atom. The maximum absolute atomic E-state index is 11.7. The van der Waals surface area contributed by atoms with E-state index >= 15 is 0 Å². The molecule has 0 aliphatic heterocycles. The van der Waals surface area contributed by atoms with Gasteiger partial charge in [0.25, 0.3) is 11.6 Å². The fourth-order valence-corrected chi connectivity index (χ4v) is 1.48. The van der Waals surface area contributed by atoms with Crippen LogP contribution in [0.4, 0.5) is 11.4 Å². The molecule has 2 aromatic rings. The Hall–Kier alpha value is -2.83. The third kappa shape index (κ3) is 2.89. The summed E-state index contributed by atoms with van der Waals surface area (Å²) in [6.45, 7) is 0. The molecule has 0 aliphatic carbocycles. The summed E-state index contributed by atoms with van der Waals surface area (Å²) < 4.78 is 9.86. The largest absolute Gasteiger partial charge is 0.496 e. The van der Waals surface area contributed by atoms with Gasteiger partial charge in [0.05, 0.1) is 30.1 Å². The summed E-state index contributed by atoms with van der Waals surface area (Å²) in [4.78, 5) is 21.9. The molecule has 7 nitrogen and oxygen atoms in total. The smallest absolute Gasteiger partial charge is 0.291 e. The lowest BCUT2D eigenvalue weighted by atomic mass is 10.2. The van der Waals surface area contributed by atoms with Gasteiger partial charge in [-0.3, -0.25) is 14.9 Å². The first kappa shape index (κ1) is 12.6. The number of nitro benzene ring substituents is 1. The maximum Gasteiger partial charge on any atom is 0.291 e. The monoisotopic (exact) mass is 262 g/mol. The SMILES string of the molecule is COc1cc(NC(=O)c2ccco2)cc([N+](=O)[O-])c1. The first-order chi connectivity index (χ1) is 9.10. The van der Waals surface area contributed by atoms with Crippen molar-refractivity contribution < 1.29 is 18.9 Å². The summed E-state index contributed by atoms with van der Waals surface area (Å²) >= 11 is 0. The highest BCUT2D eigenvalue weighted by Gasteiger charge is 2.14. The minimum absolute atomic E-state index is 0.116. The van der Waals surface area contributed by atoms with Crippen molar-refractivity contribution >= 4 is 17.3 Å². The van der Waals surface area contributed by atoms with Crippen LogP contribution >= 0.6 is 0 Å². The number of hydrogen-bond donors (Lipinski definition) is 1. The first-order valence-electron chi connectivity index (χ1n) is 5.28. The molecule has 0 spiro atoms. The molecule has 0 saturated heterocycles. The van der Waals surface area contributed by atoms with Gasteiger partial charge in [-0.15, -0.1) is 0 Å². The number of benzene rings is 1. The topological polar surface area (TPSA) is 94.6 Å². The number of nitro groups is 1. The summed E-state index contributed by atoms with van der Waals surface area (Å²) in [7, 11) is 1.39. The molecule has 7 heteroatoms. The normalized spacial score (nSPS) is 9.95. The lowest BCUT2D eigenvalue weighted by molar-refractivity contribution is -0.384. The summed E-state index contributed by atoms with van der Waals surface area (Å²) in [6.07, 6.45) is 1.36. The highest BCUT2D eigenvalue weighted by molar-refractivity contribution is 6.02. The van der Waals surface area contributed by atoms with E-state index in [2.05, 4.69) is 5.32 Å². The van der Waals surface area contributed by atoms with Crippen molar-refractivity contribution in [3.05, 3.63) is 52.5 Å². The first-order valence-corrected chi connectivity index (χ1v) is 5.28. The average Bonchev–Trinajstić information content (AvgIpc) is 2.92. The van der Waals surface area contributed by atoms with E-state index in [4.69, 9.17) is 9.15 Å². The number of anilines is 1. The van der Waals surface area contributed by atoms with Gasteiger partial charge in [0.1, 0.15) is 5.75 Å². The van der Waals surface area contributed by atoms with Gasteiger partial charge in [-0.2, -0.15) is 0 Å². The summed E-state index contributed by atoms with van der Waals surface area (Å²) in [5, 5.41) is 13.3. The third-order valence-corrected chi connectivity index (χ3v) is 2.34. The third-order valence-electron chi connectivity index (χ3n) is 2.34. The van der Waals surface area contributed by atoms with Gasteiger partial charge in [0.2, 0.25) is 0 Å². The number of carbonyl (C=O) groups is 1. The second-order valence-corrected chi connectivity index (χ2v) is 3.61. The zero-order chi connectivity index (χ0) is 13.8. The number of non-ortho nitro benzene ring substituents is 1. The van der Waals surface area contributed by atoms with Crippen LogP contribution in [0.3, 0.4) is 0 Å². The van der Waals surface area contributed by atoms with Gasteiger partial charge in [-0.05, 0) is 12.1 Å². The molecule has 98 valence electrons. The van der Waals surface area contributed by atoms with Crippen LogP contribution in [0.1, 0.15) is 10.6 Å². The number of methoxy groups -OCH3 is 1. The maximum atomic E-state index is 11.7. The number of hydrogen-bond acceptors (Lipinski definition) is 5. The van der Waals surface area contributed by atoms with Gasteiger partial charge in [-0.25, -0.2) is 0 Å². The average molecular weight is 262 g/mol. The van der Waals surface area contributed by atoms with Crippen LogP contribution < -0.4 is 10.1 Å². The van der Waals surface area contributed by atoms with Gasteiger partial charge >= 0.3 is 0 Å². The molecule has 1 N–H and O–H groups in total. The molecule has 0 saturated carbocycles. The highest BCUT2D eigenvalue weighted by Crippen LogP contribution is 2.26. The standard InChI is InChI=1S/C12H10N2O5/c1-18-10-6-8(5-9(7-10)14(16)17)13-12(15)11-3-2-4-19-11/h2-7H,1H3,(H,13,15). The van der Waals surface area contributed by atoms with E-state index in [1.807, 2.05) is 0 Å². The molecule has 2 rings (SSSR count). The molecule has 0 radical (unpaired) electrons. The van der Waals surface area contributed by atoms with Gasteiger partial charge in [0.15, 0.2) is 5.76 Å². The van der Waals surface area contributed by atoms with Crippen LogP contribution in [0.15, 0.2) is 41.0 Å². The number of amides is 1. The van der Waals surface area contributed by atoms with Crippen LogP contribution in [0.5, 0.6) is 5.75 Å². The lowest BCUT2D eigenvalue weighted by Crippen LogP contribution is -2.11.